The number of benzene rings is 4. The van der Waals surface area contributed by atoms with Crippen LogP contribution in [0.2, 0.25) is 0 Å². The van der Waals surface area contributed by atoms with Crippen molar-refractivity contribution in [3.05, 3.63) is 131 Å². The fraction of sp³-hybridized carbons (Fsp3) is 0.314. The van der Waals surface area contributed by atoms with Crippen molar-refractivity contribution in [2.45, 2.75) is 44.1 Å². The smallest absolute Gasteiger partial charge is 0.120 e. The number of likely N-dealkylation sites (tertiary alicyclic amines) is 1. The Balaban J connectivity index is 1.22. The highest BCUT2D eigenvalue weighted by molar-refractivity contribution is 5.48. The molecule has 0 spiro atoms. The minimum atomic E-state index is 0.308. The summed E-state index contributed by atoms with van der Waals surface area (Å²) in [4.78, 5) is 2.50. The Morgan fingerprint density at radius 2 is 1.39 bits per heavy atom. The molecule has 38 heavy (non-hydrogen) atoms. The minimum Gasteiger partial charge on any atom is -0.492 e. The van der Waals surface area contributed by atoms with Crippen LogP contribution in [0.1, 0.15) is 58.9 Å². The van der Waals surface area contributed by atoms with Crippen LogP contribution in [0.15, 0.2) is 103 Å². The lowest BCUT2D eigenvalue weighted by molar-refractivity contribution is 0.237. The molecule has 2 atom stereocenters. The van der Waals surface area contributed by atoms with Gasteiger partial charge in [-0.2, -0.15) is 0 Å². The molecule has 4 aromatic carbocycles. The molecule has 4 aromatic rings. The molecule has 1 aliphatic carbocycles. The van der Waals surface area contributed by atoms with Gasteiger partial charge < -0.3 is 9.47 Å². The number of rotatable bonds is 9. The van der Waals surface area contributed by atoms with Gasteiger partial charge >= 0.3 is 0 Å². The van der Waals surface area contributed by atoms with Gasteiger partial charge in [0.05, 0.1) is 0 Å². The zero-order valence-electron chi connectivity index (χ0n) is 22.1. The summed E-state index contributed by atoms with van der Waals surface area (Å²) < 4.78 is 12.3. The van der Waals surface area contributed by atoms with Crippen molar-refractivity contribution >= 4 is 0 Å². The van der Waals surface area contributed by atoms with Crippen molar-refractivity contribution in [2.24, 2.45) is 0 Å². The predicted octanol–water partition coefficient (Wildman–Crippen LogP) is 7.60. The fourth-order valence-electron chi connectivity index (χ4n) is 6.17. The van der Waals surface area contributed by atoms with Gasteiger partial charge in [0.15, 0.2) is 0 Å². The van der Waals surface area contributed by atoms with Crippen LogP contribution < -0.4 is 9.47 Å². The normalized spacial score (nSPS) is 19.2. The Hall–Kier alpha value is -3.56. The quantitative estimate of drug-likeness (QED) is 0.235. The predicted molar refractivity (Wildman–Crippen MR) is 154 cm³/mol. The van der Waals surface area contributed by atoms with E-state index in [0.29, 0.717) is 18.4 Å². The lowest BCUT2D eigenvalue weighted by Gasteiger charge is -2.35. The molecule has 0 radical (unpaired) electrons. The van der Waals surface area contributed by atoms with Crippen LogP contribution in [-0.2, 0) is 13.0 Å². The first-order valence-electron chi connectivity index (χ1n) is 14.1. The topological polar surface area (TPSA) is 21.7 Å². The molecule has 6 rings (SSSR count). The molecular weight excluding hydrogens is 466 g/mol. The molecule has 1 heterocycles. The van der Waals surface area contributed by atoms with Crippen molar-refractivity contribution in [3.8, 4) is 11.5 Å². The second-order valence-corrected chi connectivity index (χ2v) is 10.6. The molecule has 2 unspecified atom stereocenters. The Bertz CT molecular complexity index is 1300. The van der Waals surface area contributed by atoms with E-state index < -0.39 is 0 Å². The average Bonchev–Trinajstić information content (AvgIpc) is 3.50. The van der Waals surface area contributed by atoms with E-state index in [1.807, 2.05) is 6.07 Å². The molecule has 1 saturated heterocycles. The summed E-state index contributed by atoms with van der Waals surface area (Å²) >= 11 is 0. The van der Waals surface area contributed by atoms with Crippen LogP contribution in [0.4, 0.5) is 0 Å². The largest absolute Gasteiger partial charge is 0.492 e. The minimum absolute atomic E-state index is 0.308. The maximum atomic E-state index is 6.18. The third kappa shape index (κ3) is 5.79. The molecule has 0 bridgehead atoms. The van der Waals surface area contributed by atoms with Gasteiger partial charge in [-0.1, -0.05) is 78.9 Å². The zero-order valence-corrected chi connectivity index (χ0v) is 22.1. The molecule has 1 aliphatic heterocycles. The lowest BCUT2D eigenvalue weighted by Crippen LogP contribution is -2.25. The molecule has 1 fully saturated rings. The molecule has 0 N–H and O–H groups in total. The van der Waals surface area contributed by atoms with Gasteiger partial charge in [-0.05, 0) is 96.8 Å². The van der Waals surface area contributed by atoms with E-state index >= 15 is 0 Å². The number of hydrogen-bond donors (Lipinski definition) is 0. The Morgan fingerprint density at radius 1 is 0.684 bits per heavy atom. The van der Waals surface area contributed by atoms with Crippen molar-refractivity contribution < 1.29 is 9.47 Å². The highest BCUT2D eigenvalue weighted by Gasteiger charge is 2.32. The van der Waals surface area contributed by atoms with Crippen LogP contribution >= 0.6 is 0 Å². The number of hydrogen-bond acceptors (Lipinski definition) is 3. The first-order chi connectivity index (χ1) is 18.8. The Morgan fingerprint density at radius 3 is 2.16 bits per heavy atom. The van der Waals surface area contributed by atoms with E-state index in [2.05, 4.69) is 102 Å². The third-order valence-corrected chi connectivity index (χ3v) is 8.17. The number of nitrogens with zero attached hydrogens (tertiary/aromatic N) is 1. The summed E-state index contributed by atoms with van der Waals surface area (Å²) in [6.45, 7) is 4.79. The molecule has 0 aromatic heterocycles. The summed E-state index contributed by atoms with van der Waals surface area (Å²) in [6, 6.07) is 37.0. The van der Waals surface area contributed by atoms with E-state index in [0.717, 1.165) is 37.5 Å². The van der Waals surface area contributed by atoms with Gasteiger partial charge in [0.1, 0.15) is 24.7 Å². The second-order valence-electron chi connectivity index (χ2n) is 10.6. The maximum Gasteiger partial charge on any atom is 0.120 e. The maximum absolute atomic E-state index is 6.18. The van der Waals surface area contributed by atoms with Crippen LogP contribution in [0, 0.1) is 0 Å². The van der Waals surface area contributed by atoms with Gasteiger partial charge in [-0.15, -0.1) is 0 Å². The van der Waals surface area contributed by atoms with Crippen LogP contribution in [0.25, 0.3) is 0 Å². The van der Waals surface area contributed by atoms with Crippen LogP contribution in [-0.4, -0.2) is 31.1 Å². The summed E-state index contributed by atoms with van der Waals surface area (Å²) in [5, 5.41) is 0. The monoisotopic (exact) mass is 503 g/mol. The van der Waals surface area contributed by atoms with Crippen molar-refractivity contribution in [1.82, 2.24) is 4.90 Å². The Kier molecular flexibility index (Phi) is 7.74. The lowest BCUT2D eigenvalue weighted by atomic mass is 9.69. The molecule has 0 saturated carbocycles. The van der Waals surface area contributed by atoms with E-state index in [9.17, 15) is 0 Å². The summed E-state index contributed by atoms with van der Waals surface area (Å²) in [5.74, 6) is 2.67. The first-order valence-corrected chi connectivity index (χ1v) is 14.1. The number of fused-ring (bicyclic) bond motifs is 1. The fourth-order valence-corrected chi connectivity index (χ4v) is 6.17. The molecule has 194 valence electrons. The average molecular weight is 504 g/mol. The first kappa shape index (κ1) is 24.8. The van der Waals surface area contributed by atoms with Gasteiger partial charge in [0, 0.05) is 12.5 Å². The summed E-state index contributed by atoms with van der Waals surface area (Å²) in [7, 11) is 0. The molecular formula is C35H37NO2. The summed E-state index contributed by atoms with van der Waals surface area (Å²) in [6.07, 6.45) is 4.82. The number of aryl methyl sites for hydroxylation is 1. The number of ether oxygens (including phenoxy) is 2. The van der Waals surface area contributed by atoms with E-state index in [4.69, 9.17) is 9.47 Å². The van der Waals surface area contributed by atoms with Gasteiger partial charge in [-0.3, -0.25) is 4.90 Å². The molecule has 3 nitrogen and oxygen atoms in total. The van der Waals surface area contributed by atoms with Gasteiger partial charge in [-0.25, -0.2) is 0 Å². The summed E-state index contributed by atoms with van der Waals surface area (Å²) in [5.41, 5.74) is 6.77. The molecule has 0 amide bonds. The molecule has 2 aliphatic rings. The van der Waals surface area contributed by atoms with Crippen molar-refractivity contribution in [3.63, 3.8) is 0 Å². The van der Waals surface area contributed by atoms with Gasteiger partial charge in [0.2, 0.25) is 0 Å². The van der Waals surface area contributed by atoms with Crippen LogP contribution in [0.5, 0.6) is 11.5 Å². The Labute approximate surface area is 227 Å². The van der Waals surface area contributed by atoms with E-state index in [-0.39, 0.29) is 0 Å². The zero-order chi connectivity index (χ0) is 25.6. The van der Waals surface area contributed by atoms with Gasteiger partial charge in [0.25, 0.3) is 0 Å². The molecule has 3 heteroatoms. The highest BCUT2D eigenvalue weighted by atomic mass is 16.5. The highest BCUT2D eigenvalue weighted by Crippen LogP contribution is 2.47. The van der Waals surface area contributed by atoms with E-state index in [1.165, 1.54) is 53.7 Å². The standard InChI is InChI=1S/C35H37NO2/c1-3-9-27(10-4-1)26-38-32-18-20-34-30(25-32)15-19-33(28-11-5-2-6-12-28)35(34)29-13-16-31(17-14-29)37-24-23-36-21-7-8-22-36/h1-6,9-14,16-18,20,25,33,35H,7-8,15,19,21-24,26H2. The van der Waals surface area contributed by atoms with E-state index in [1.54, 1.807) is 0 Å². The van der Waals surface area contributed by atoms with Crippen LogP contribution in [0.3, 0.4) is 0 Å². The third-order valence-electron chi connectivity index (χ3n) is 8.17. The SMILES string of the molecule is c1ccc(COc2ccc3c(c2)CCC(c2ccccc2)C3c2ccc(OCCN3CCCC3)cc2)cc1. The second kappa shape index (κ2) is 11.9. The van der Waals surface area contributed by atoms with Crippen molar-refractivity contribution in [1.29, 1.82) is 0 Å². The van der Waals surface area contributed by atoms with Crippen molar-refractivity contribution in [2.75, 3.05) is 26.2 Å².